The Hall–Kier alpha value is -3.25. The van der Waals surface area contributed by atoms with Gasteiger partial charge in [-0.2, -0.15) is 0 Å². The Labute approximate surface area is 176 Å². The van der Waals surface area contributed by atoms with Crippen LogP contribution in [0.1, 0.15) is 26.3 Å². The van der Waals surface area contributed by atoms with Gasteiger partial charge in [0.1, 0.15) is 11.8 Å². The molecule has 3 aromatic rings. The van der Waals surface area contributed by atoms with Gasteiger partial charge in [-0.1, -0.05) is 58.4 Å². The third-order valence-electron chi connectivity index (χ3n) is 4.71. The second-order valence-electron chi connectivity index (χ2n) is 6.61. The number of hydrogen-bond donors (Lipinski definition) is 0. The lowest BCUT2D eigenvalue weighted by Crippen LogP contribution is -2.48. The number of benzene rings is 3. The monoisotopic (exact) mass is 449 g/mol. The smallest absolute Gasteiger partial charge is 0.335 e. The van der Waals surface area contributed by atoms with Crippen molar-refractivity contribution in [3.8, 4) is 5.75 Å². The summed E-state index contributed by atoms with van der Waals surface area (Å²) < 4.78 is 6.35. The molecule has 0 N–H and O–H groups in total. The van der Waals surface area contributed by atoms with E-state index in [-0.39, 0.29) is 6.42 Å². The Morgan fingerprint density at radius 3 is 1.97 bits per heavy atom. The van der Waals surface area contributed by atoms with Crippen LogP contribution in [-0.4, -0.2) is 28.7 Å². The second kappa shape index (κ2) is 8.01. The summed E-state index contributed by atoms with van der Waals surface area (Å²) in [6.07, 6.45) is 0.168. The molecular weight excluding hydrogens is 434 g/mol. The fourth-order valence-electron chi connectivity index (χ4n) is 3.30. The molecule has 0 saturated heterocycles. The summed E-state index contributed by atoms with van der Waals surface area (Å²) in [6.45, 7) is 0. The van der Waals surface area contributed by atoms with Crippen molar-refractivity contribution >= 4 is 33.7 Å². The van der Waals surface area contributed by atoms with Crippen LogP contribution in [0.25, 0.3) is 0 Å². The summed E-state index contributed by atoms with van der Waals surface area (Å²) >= 11 is 3.33. The van der Waals surface area contributed by atoms with Gasteiger partial charge in [0.25, 0.3) is 11.8 Å². The zero-order valence-corrected chi connectivity index (χ0v) is 16.8. The maximum atomic E-state index is 13.1. The van der Waals surface area contributed by atoms with Gasteiger partial charge in [0.2, 0.25) is 0 Å². The first-order valence-corrected chi connectivity index (χ1v) is 9.82. The van der Waals surface area contributed by atoms with Crippen molar-refractivity contribution in [3.05, 3.63) is 100 Å². The van der Waals surface area contributed by atoms with E-state index in [4.69, 9.17) is 4.74 Å². The first-order chi connectivity index (χ1) is 14.0. The lowest BCUT2D eigenvalue weighted by molar-refractivity contribution is -0.138. The summed E-state index contributed by atoms with van der Waals surface area (Å²) in [5, 5.41) is 0. The van der Waals surface area contributed by atoms with Crippen molar-refractivity contribution in [2.24, 2.45) is 0 Å². The average molecular weight is 450 g/mol. The third kappa shape index (κ3) is 3.84. The number of fused-ring (bicyclic) bond motifs is 1. The highest BCUT2D eigenvalue weighted by Gasteiger charge is 2.43. The number of esters is 1. The van der Waals surface area contributed by atoms with Gasteiger partial charge < -0.3 is 4.74 Å². The molecule has 144 valence electrons. The molecule has 1 atom stereocenters. The predicted molar refractivity (Wildman–Crippen MR) is 111 cm³/mol. The molecule has 1 aliphatic rings. The molecule has 3 aromatic carbocycles. The van der Waals surface area contributed by atoms with Crippen LogP contribution in [0.2, 0.25) is 0 Å². The van der Waals surface area contributed by atoms with Crippen molar-refractivity contribution < 1.29 is 19.1 Å². The second-order valence-corrected chi connectivity index (χ2v) is 7.52. The zero-order valence-electron chi connectivity index (χ0n) is 15.2. The summed E-state index contributed by atoms with van der Waals surface area (Å²) in [6, 6.07) is 21.5. The number of ether oxygens (including phenoxy) is 1. The molecule has 0 aromatic heterocycles. The Morgan fingerprint density at radius 1 is 0.828 bits per heavy atom. The fraction of sp³-hybridized carbons (Fsp3) is 0.0870. The van der Waals surface area contributed by atoms with Crippen LogP contribution in [0.5, 0.6) is 5.75 Å². The highest BCUT2D eigenvalue weighted by molar-refractivity contribution is 9.10. The SMILES string of the molecule is O=C(Oc1ccc(Br)cc1)[C@@H](Cc1ccccc1)N1C(=O)c2ccccc2C1=O. The lowest BCUT2D eigenvalue weighted by Gasteiger charge is -2.24. The number of carbonyl (C=O) groups excluding carboxylic acids is 3. The first kappa shape index (κ1) is 19.1. The van der Waals surface area contributed by atoms with E-state index in [1.807, 2.05) is 30.3 Å². The van der Waals surface area contributed by atoms with Crippen LogP contribution < -0.4 is 4.74 Å². The van der Waals surface area contributed by atoms with Crippen molar-refractivity contribution in [2.45, 2.75) is 12.5 Å². The standard InChI is InChI=1S/C23H16BrNO4/c24-16-10-12-17(13-11-16)29-23(28)20(14-15-6-2-1-3-7-15)25-21(26)18-8-4-5-9-19(18)22(25)27/h1-13,20H,14H2/t20-/m1/s1. The molecule has 5 nitrogen and oxygen atoms in total. The van der Waals surface area contributed by atoms with E-state index in [0.29, 0.717) is 16.9 Å². The maximum Gasteiger partial charge on any atom is 0.335 e. The molecule has 2 amide bonds. The van der Waals surface area contributed by atoms with E-state index >= 15 is 0 Å². The van der Waals surface area contributed by atoms with Crippen molar-refractivity contribution in [2.75, 3.05) is 0 Å². The van der Waals surface area contributed by atoms with E-state index in [9.17, 15) is 14.4 Å². The van der Waals surface area contributed by atoms with Gasteiger partial charge in [0.05, 0.1) is 11.1 Å². The van der Waals surface area contributed by atoms with Crippen LogP contribution >= 0.6 is 15.9 Å². The molecular formula is C23H16BrNO4. The number of halogens is 1. The molecule has 0 spiro atoms. The van der Waals surface area contributed by atoms with Crippen LogP contribution in [0, 0.1) is 0 Å². The molecule has 0 aliphatic carbocycles. The van der Waals surface area contributed by atoms with Gasteiger partial charge >= 0.3 is 5.97 Å². The number of rotatable bonds is 5. The lowest BCUT2D eigenvalue weighted by atomic mass is 10.0. The van der Waals surface area contributed by atoms with Gasteiger partial charge in [-0.25, -0.2) is 4.79 Å². The molecule has 1 aliphatic heterocycles. The Bertz CT molecular complexity index is 1040. The molecule has 6 heteroatoms. The van der Waals surface area contributed by atoms with E-state index in [1.165, 1.54) is 0 Å². The minimum atomic E-state index is -1.08. The van der Waals surface area contributed by atoms with Crippen LogP contribution in [-0.2, 0) is 11.2 Å². The van der Waals surface area contributed by atoms with Crippen molar-refractivity contribution in [3.63, 3.8) is 0 Å². The maximum absolute atomic E-state index is 13.1. The molecule has 0 radical (unpaired) electrons. The number of amides is 2. The van der Waals surface area contributed by atoms with E-state index in [0.717, 1.165) is 14.9 Å². The normalized spacial score (nSPS) is 13.9. The molecule has 1 heterocycles. The molecule has 0 fully saturated rings. The van der Waals surface area contributed by atoms with Crippen LogP contribution in [0.15, 0.2) is 83.3 Å². The number of imide groups is 1. The van der Waals surface area contributed by atoms with E-state index < -0.39 is 23.8 Å². The minimum absolute atomic E-state index is 0.168. The number of carbonyl (C=O) groups is 3. The average Bonchev–Trinajstić information content (AvgIpc) is 2.99. The summed E-state index contributed by atoms with van der Waals surface area (Å²) in [4.78, 5) is 39.9. The molecule has 4 rings (SSSR count). The predicted octanol–water partition coefficient (Wildman–Crippen LogP) is 4.26. The molecule has 0 bridgehead atoms. The third-order valence-corrected chi connectivity index (χ3v) is 5.24. The molecule has 29 heavy (non-hydrogen) atoms. The first-order valence-electron chi connectivity index (χ1n) is 9.02. The quantitative estimate of drug-likeness (QED) is 0.331. The van der Waals surface area contributed by atoms with Gasteiger partial charge in [-0.05, 0) is 42.0 Å². The summed E-state index contributed by atoms with van der Waals surface area (Å²) in [5.41, 5.74) is 1.42. The highest BCUT2D eigenvalue weighted by atomic mass is 79.9. The Kier molecular flexibility index (Phi) is 5.27. The number of hydrogen-bond acceptors (Lipinski definition) is 4. The number of nitrogens with zero attached hydrogens (tertiary/aromatic N) is 1. The Balaban J connectivity index is 1.67. The minimum Gasteiger partial charge on any atom is -0.425 e. The Morgan fingerprint density at radius 2 is 1.38 bits per heavy atom. The van der Waals surface area contributed by atoms with Crippen LogP contribution in [0.3, 0.4) is 0 Å². The highest BCUT2D eigenvalue weighted by Crippen LogP contribution is 2.27. The van der Waals surface area contributed by atoms with Crippen LogP contribution in [0.4, 0.5) is 0 Å². The van der Waals surface area contributed by atoms with Gasteiger partial charge in [-0.15, -0.1) is 0 Å². The fourth-order valence-corrected chi connectivity index (χ4v) is 3.56. The van der Waals surface area contributed by atoms with E-state index in [2.05, 4.69) is 15.9 Å². The topological polar surface area (TPSA) is 63.7 Å². The van der Waals surface area contributed by atoms with Gasteiger partial charge in [0.15, 0.2) is 0 Å². The molecule has 0 saturated carbocycles. The van der Waals surface area contributed by atoms with E-state index in [1.54, 1.807) is 48.5 Å². The molecule has 0 unspecified atom stereocenters. The zero-order chi connectivity index (χ0) is 20.4. The van der Waals surface area contributed by atoms with Gasteiger partial charge in [0, 0.05) is 10.9 Å². The van der Waals surface area contributed by atoms with Gasteiger partial charge in [-0.3, -0.25) is 14.5 Å². The largest absolute Gasteiger partial charge is 0.425 e. The summed E-state index contributed by atoms with van der Waals surface area (Å²) in [5.74, 6) is -1.29. The summed E-state index contributed by atoms with van der Waals surface area (Å²) in [7, 11) is 0. The van der Waals surface area contributed by atoms with Crippen molar-refractivity contribution in [1.82, 2.24) is 4.90 Å². The van der Waals surface area contributed by atoms with Crippen molar-refractivity contribution in [1.29, 1.82) is 0 Å².